The minimum absolute atomic E-state index is 0.0101. The molecule has 0 aromatic heterocycles. The summed E-state index contributed by atoms with van der Waals surface area (Å²) < 4.78 is 5.05. The molecule has 1 fully saturated rings. The molecule has 4 nitrogen and oxygen atoms in total. The first-order chi connectivity index (χ1) is 13.5. The van der Waals surface area contributed by atoms with Crippen LogP contribution in [-0.2, 0) is 14.3 Å². The van der Waals surface area contributed by atoms with E-state index < -0.39 is 0 Å². The zero-order valence-corrected chi connectivity index (χ0v) is 17.7. The molecule has 2 rings (SSSR count). The van der Waals surface area contributed by atoms with E-state index in [4.69, 9.17) is 4.74 Å². The van der Waals surface area contributed by atoms with E-state index in [2.05, 4.69) is 26.0 Å². The summed E-state index contributed by atoms with van der Waals surface area (Å²) in [6.07, 6.45) is 10.6. The van der Waals surface area contributed by atoms with Gasteiger partial charge >= 0.3 is 5.97 Å². The number of nitrogens with zero attached hydrogens (tertiary/aromatic N) is 1. The number of carbonyl (C=O) groups excluding carboxylic acids is 2. The molecule has 154 valence electrons. The van der Waals surface area contributed by atoms with Gasteiger partial charge in [0.05, 0.1) is 13.0 Å². The second kappa shape index (κ2) is 11.7. The Balaban J connectivity index is 2.06. The Morgan fingerprint density at radius 1 is 1.11 bits per heavy atom. The van der Waals surface area contributed by atoms with E-state index in [9.17, 15) is 9.59 Å². The van der Waals surface area contributed by atoms with Crippen molar-refractivity contribution in [1.82, 2.24) is 4.90 Å². The second-order valence-electron chi connectivity index (χ2n) is 7.89. The van der Waals surface area contributed by atoms with Crippen molar-refractivity contribution in [2.45, 2.75) is 77.7 Å². The fourth-order valence-corrected chi connectivity index (χ4v) is 3.74. The van der Waals surface area contributed by atoms with Crippen LogP contribution in [0.3, 0.4) is 0 Å². The van der Waals surface area contributed by atoms with Crippen LogP contribution in [0.15, 0.2) is 30.3 Å². The van der Waals surface area contributed by atoms with Gasteiger partial charge in [0.2, 0.25) is 5.91 Å². The van der Waals surface area contributed by atoms with Crippen LogP contribution in [-0.4, -0.2) is 36.0 Å². The molecule has 0 unspecified atom stereocenters. The average Bonchev–Trinajstić information content (AvgIpc) is 2.96. The van der Waals surface area contributed by atoms with Gasteiger partial charge in [-0.05, 0) is 42.9 Å². The van der Waals surface area contributed by atoms with Gasteiger partial charge in [-0.2, -0.15) is 0 Å². The fraction of sp³-hybridized carbons (Fsp3) is 0.583. The third-order valence-electron chi connectivity index (χ3n) is 5.43. The molecular formula is C24H35NO3. The van der Waals surface area contributed by atoms with E-state index in [0.29, 0.717) is 19.1 Å². The maximum atomic E-state index is 13.0. The quantitative estimate of drug-likeness (QED) is 0.345. The van der Waals surface area contributed by atoms with Crippen LogP contribution < -0.4 is 0 Å². The minimum atomic E-state index is -0.234. The lowest BCUT2D eigenvalue weighted by atomic mass is 10.0. The van der Waals surface area contributed by atoms with Crippen molar-refractivity contribution in [3.05, 3.63) is 41.5 Å². The SMILES string of the molecule is CCOC(=O)CCN(C(=O)/C=C/c1ccc(C(C)C)cc1)C1CCCCCC1. The van der Waals surface area contributed by atoms with Crippen molar-refractivity contribution in [3.8, 4) is 0 Å². The monoisotopic (exact) mass is 385 g/mol. The molecule has 28 heavy (non-hydrogen) atoms. The van der Waals surface area contributed by atoms with E-state index >= 15 is 0 Å². The highest BCUT2D eigenvalue weighted by Gasteiger charge is 2.24. The van der Waals surface area contributed by atoms with E-state index in [1.807, 2.05) is 23.1 Å². The molecule has 1 aromatic rings. The molecule has 0 radical (unpaired) electrons. The van der Waals surface area contributed by atoms with Crippen LogP contribution in [0.25, 0.3) is 6.08 Å². The smallest absolute Gasteiger partial charge is 0.307 e. The van der Waals surface area contributed by atoms with Crippen molar-refractivity contribution in [1.29, 1.82) is 0 Å². The number of hydrogen-bond acceptors (Lipinski definition) is 3. The Morgan fingerprint density at radius 3 is 2.32 bits per heavy atom. The highest BCUT2D eigenvalue weighted by Crippen LogP contribution is 2.23. The lowest BCUT2D eigenvalue weighted by Gasteiger charge is -2.30. The van der Waals surface area contributed by atoms with Gasteiger partial charge < -0.3 is 9.64 Å². The molecule has 0 N–H and O–H groups in total. The Kier molecular flexibility index (Phi) is 9.26. The number of hydrogen-bond donors (Lipinski definition) is 0. The van der Waals surface area contributed by atoms with Crippen LogP contribution in [0.1, 0.15) is 82.8 Å². The Hall–Kier alpha value is -2.10. The van der Waals surface area contributed by atoms with Crippen LogP contribution in [0.4, 0.5) is 0 Å². The molecule has 0 spiro atoms. The van der Waals surface area contributed by atoms with E-state index in [0.717, 1.165) is 31.2 Å². The number of carbonyl (C=O) groups is 2. The molecule has 1 amide bonds. The largest absolute Gasteiger partial charge is 0.466 e. The topological polar surface area (TPSA) is 46.6 Å². The summed E-state index contributed by atoms with van der Waals surface area (Å²) in [5, 5.41) is 0. The molecule has 1 aromatic carbocycles. The molecule has 0 saturated heterocycles. The molecule has 1 aliphatic rings. The predicted octanol–water partition coefficient (Wildman–Crippen LogP) is 5.33. The van der Waals surface area contributed by atoms with Crippen molar-refractivity contribution >= 4 is 18.0 Å². The number of ether oxygens (including phenoxy) is 1. The number of rotatable bonds is 8. The summed E-state index contributed by atoms with van der Waals surface area (Å²) in [6.45, 7) is 6.95. The van der Waals surface area contributed by atoms with Crippen LogP contribution in [0.5, 0.6) is 0 Å². The summed E-state index contributed by atoms with van der Waals surface area (Å²) in [6, 6.07) is 8.54. The summed E-state index contributed by atoms with van der Waals surface area (Å²) in [5.74, 6) is 0.250. The molecule has 0 aliphatic heterocycles. The highest BCUT2D eigenvalue weighted by atomic mass is 16.5. The van der Waals surface area contributed by atoms with Gasteiger partial charge in [-0.3, -0.25) is 9.59 Å². The van der Waals surface area contributed by atoms with E-state index in [1.54, 1.807) is 13.0 Å². The number of esters is 1. The first kappa shape index (κ1) is 22.2. The Labute approximate surface area is 170 Å². The molecule has 0 bridgehead atoms. The van der Waals surface area contributed by atoms with E-state index in [1.165, 1.54) is 18.4 Å². The number of benzene rings is 1. The molecule has 0 atom stereocenters. The molecular weight excluding hydrogens is 350 g/mol. The fourth-order valence-electron chi connectivity index (χ4n) is 3.74. The predicted molar refractivity (Wildman–Crippen MR) is 114 cm³/mol. The van der Waals surface area contributed by atoms with Crippen LogP contribution in [0, 0.1) is 0 Å². The molecule has 1 aliphatic carbocycles. The first-order valence-electron chi connectivity index (χ1n) is 10.8. The highest BCUT2D eigenvalue weighted by molar-refractivity contribution is 5.92. The van der Waals surface area contributed by atoms with Crippen molar-refractivity contribution in [3.63, 3.8) is 0 Å². The summed E-state index contributed by atoms with van der Waals surface area (Å²) in [5.41, 5.74) is 2.31. The Morgan fingerprint density at radius 2 is 1.75 bits per heavy atom. The third kappa shape index (κ3) is 7.14. The first-order valence-corrected chi connectivity index (χ1v) is 10.8. The zero-order valence-electron chi connectivity index (χ0n) is 17.7. The Bertz CT molecular complexity index is 640. The molecule has 1 saturated carbocycles. The van der Waals surface area contributed by atoms with Crippen LogP contribution >= 0.6 is 0 Å². The number of amides is 1. The minimum Gasteiger partial charge on any atom is -0.466 e. The lowest BCUT2D eigenvalue weighted by molar-refractivity contribution is -0.144. The third-order valence-corrected chi connectivity index (χ3v) is 5.43. The summed E-state index contributed by atoms with van der Waals surface area (Å²) in [4.78, 5) is 26.7. The van der Waals surface area contributed by atoms with Crippen molar-refractivity contribution in [2.75, 3.05) is 13.2 Å². The summed E-state index contributed by atoms with van der Waals surface area (Å²) >= 11 is 0. The van der Waals surface area contributed by atoms with Gasteiger partial charge in [-0.25, -0.2) is 0 Å². The van der Waals surface area contributed by atoms with Gasteiger partial charge in [0, 0.05) is 18.7 Å². The van der Waals surface area contributed by atoms with Gasteiger partial charge in [0.15, 0.2) is 0 Å². The molecule has 0 heterocycles. The van der Waals surface area contributed by atoms with Gasteiger partial charge in [-0.15, -0.1) is 0 Å². The van der Waals surface area contributed by atoms with Crippen molar-refractivity contribution in [2.24, 2.45) is 0 Å². The molecule has 4 heteroatoms. The standard InChI is InChI=1S/C24H35NO3/c1-4-28-24(27)17-18-25(22-9-7-5-6-8-10-22)23(26)16-13-20-11-14-21(15-12-20)19(2)3/h11-16,19,22H,4-10,17-18H2,1-3H3/b16-13+. The summed E-state index contributed by atoms with van der Waals surface area (Å²) in [7, 11) is 0. The lowest BCUT2D eigenvalue weighted by Crippen LogP contribution is -2.40. The maximum absolute atomic E-state index is 13.0. The van der Waals surface area contributed by atoms with Gasteiger partial charge in [0.1, 0.15) is 0 Å². The van der Waals surface area contributed by atoms with Crippen molar-refractivity contribution < 1.29 is 14.3 Å². The maximum Gasteiger partial charge on any atom is 0.307 e. The van der Waals surface area contributed by atoms with Crippen LogP contribution in [0.2, 0.25) is 0 Å². The van der Waals surface area contributed by atoms with E-state index in [-0.39, 0.29) is 24.3 Å². The second-order valence-corrected chi connectivity index (χ2v) is 7.89. The average molecular weight is 386 g/mol. The van der Waals surface area contributed by atoms with Gasteiger partial charge in [-0.1, -0.05) is 63.8 Å². The normalized spacial score (nSPS) is 15.6. The van der Waals surface area contributed by atoms with Gasteiger partial charge in [0.25, 0.3) is 0 Å². The zero-order chi connectivity index (χ0) is 20.4.